The minimum absolute atomic E-state index is 0.0669. The van der Waals surface area contributed by atoms with Gasteiger partial charge in [0.2, 0.25) is 0 Å². The third-order valence-electron chi connectivity index (χ3n) is 4.59. The standard InChI is InChI=1S/C17H19BBrNO3/c1-16(2)17(3,4)23-18(22-16)13-9-8-12(11-14(13)19)20-10-6-5-7-15(20)21/h5-11H,1-4H3. The Morgan fingerprint density at radius 3 is 2.26 bits per heavy atom. The molecule has 0 unspecified atom stereocenters. The Kier molecular flexibility index (Phi) is 4.03. The summed E-state index contributed by atoms with van der Waals surface area (Å²) in [6.45, 7) is 8.11. The van der Waals surface area contributed by atoms with Crippen LogP contribution in [-0.2, 0) is 9.31 Å². The first-order valence-corrected chi connectivity index (χ1v) is 8.34. The highest BCUT2D eigenvalue weighted by Crippen LogP contribution is 2.37. The zero-order valence-electron chi connectivity index (χ0n) is 13.7. The van der Waals surface area contributed by atoms with Crippen LogP contribution in [-0.4, -0.2) is 22.9 Å². The van der Waals surface area contributed by atoms with Crippen molar-refractivity contribution < 1.29 is 9.31 Å². The van der Waals surface area contributed by atoms with Crippen molar-refractivity contribution in [3.63, 3.8) is 0 Å². The molecule has 1 aliphatic rings. The monoisotopic (exact) mass is 375 g/mol. The van der Waals surface area contributed by atoms with Gasteiger partial charge in [0.15, 0.2) is 0 Å². The molecule has 1 aliphatic heterocycles. The van der Waals surface area contributed by atoms with Crippen molar-refractivity contribution in [3.8, 4) is 5.69 Å². The average molecular weight is 376 g/mol. The molecule has 1 aromatic heterocycles. The molecule has 1 fully saturated rings. The van der Waals surface area contributed by atoms with Gasteiger partial charge in [-0.1, -0.05) is 28.1 Å². The van der Waals surface area contributed by atoms with Gasteiger partial charge in [0.05, 0.1) is 11.2 Å². The minimum atomic E-state index is -0.434. The van der Waals surface area contributed by atoms with Crippen molar-refractivity contribution in [2.45, 2.75) is 38.9 Å². The Morgan fingerprint density at radius 2 is 1.70 bits per heavy atom. The van der Waals surface area contributed by atoms with E-state index in [1.54, 1.807) is 16.8 Å². The van der Waals surface area contributed by atoms with Crippen LogP contribution in [0.5, 0.6) is 0 Å². The fourth-order valence-corrected chi connectivity index (χ4v) is 3.02. The van der Waals surface area contributed by atoms with E-state index in [1.165, 1.54) is 6.07 Å². The number of rotatable bonds is 2. The summed E-state index contributed by atoms with van der Waals surface area (Å²) in [6.07, 6.45) is 1.75. The lowest BCUT2D eigenvalue weighted by atomic mass is 9.79. The molecule has 2 heterocycles. The lowest BCUT2D eigenvalue weighted by Gasteiger charge is -2.32. The number of benzene rings is 1. The maximum absolute atomic E-state index is 11.9. The lowest BCUT2D eigenvalue weighted by molar-refractivity contribution is 0.00578. The normalized spacial score (nSPS) is 19.1. The van der Waals surface area contributed by atoms with Crippen LogP contribution in [0, 0.1) is 0 Å². The average Bonchev–Trinajstić information content (AvgIpc) is 2.67. The number of hydrogen-bond donors (Lipinski definition) is 0. The summed E-state index contributed by atoms with van der Waals surface area (Å²) < 4.78 is 14.6. The van der Waals surface area contributed by atoms with Gasteiger partial charge in [-0.3, -0.25) is 9.36 Å². The highest BCUT2D eigenvalue weighted by molar-refractivity contribution is 9.10. The second-order valence-corrected chi connectivity index (χ2v) is 7.56. The van der Waals surface area contributed by atoms with Gasteiger partial charge in [-0.25, -0.2) is 0 Å². The van der Waals surface area contributed by atoms with Crippen molar-refractivity contribution in [2.75, 3.05) is 0 Å². The zero-order valence-corrected chi connectivity index (χ0v) is 15.3. The first kappa shape index (κ1) is 16.5. The van der Waals surface area contributed by atoms with Gasteiger partial charge in [-0.15, -0.1) is 0 Å². The molecule has 120 valence electrons. The highest BCUT2D eigenvalue weighted by Gasteiger charge is 2.52. The Labute approximate surface area is 144 Å². The summed E-state index contributed by atoms with van der Waals surface area (Å²) in [7, 11) is -0.434. The van der Waals surface area contributed by atoms with E-state index in [-0.39, 0.29) is 16.8 Å². The summed E-state index contributed by atoms with van der Waals surface area (Å²) in [6, 6.07) is 10.8. The van der Waals surface area contributed by atoms with Crippen molar-refractivity contribution in [2.24, 2.45) is 0 Å². The molecule has 1 aromatic carbocycles. The molecule has 6 heteroatoms. The van der Waals surface area contributed by atoms with Crippen LogP contribution in [0.1, 0.15) is 27.7 Å². The van der Waals surface area contributed by atoms with Gasteiger partial charge in [0.25, 0.3) is 5.56 Å². The van der Waals surface area contributed by atoms with Crippen molar-refractivity contribution in [1.82, 2.24) is 4.57 Å². The number of halogens is 1. The SMILES string of the molecule is CC1(C)OB(c2ccc(-n3ccccc3=O)cc2Br)OC1(C)C. The van der Waals surface area contributed by atoms with E-state index < -0.39 is 7.12 Å². The van der Waals surface area contributed by atoms with Crippen molar-refractivity contribution in [1.29, 1.82) is 0 Å². The molecule has 3 rings (SSSR count). The van der Waals surface area contributed by atoms with E-state index in [2.05, 4.69) is 15.9 Å². The molecule has 0 N–H and O–H groups in total. The van der Waals surface area contributed by atoms with Crippen LogP contribution in [0.4, 0.5) is 0 Å². The number of pyridine rings is 1. The maximum atomic E-state index is 11.9. The summed E-state index contributed by atoms with van der Waals surface area (Å²) in [4.78, 5) is 11.9. The zero-order chi connectivity index (χ0) is 16.8. The Morgan fingerprint density at radius 1 is 1.04 bits per heavy atom. The van der Waals surface area contributed by atoms with E-state index in [4.69, 9.17) is 9.31 Å². The number of aromatic nitrogens is 1. The highest BCUT2D eigenvalue weighted by atomic mass is 79.9. The quantitative estimate of drug-likeness (QED) is 0.757. The van der Waals surface area contributed by atoms with E-state index in [0.29, 0.717) is 0 Å². The number of hydrogen-bond acceptors (Lipinski definition) is 3. The number of nitrogens with zero attached hydrogens (tertiary/aromatic N) is 1. The maximum Gasteiger partial charge on any atom is 0.495 e. The largest absolute Gasteiger partial charge is 0.495 e. The van der Waals surface area contributed by atoms with Gasteiger partial charge in [-0.05, 0) is 51.4 Å². The van der Waals surface area contributed by atoms with Gasteiger partial charge in [-0.2, -0.15) is 0 Å². The van der Waals surface area contributed by atoms with E-state index in [1.807, 2.05) is 52.0 Å². The van der Waals surface area contributed by atoms with Crippen LogP contribution >= 0.6 is 15.9 Å². The third kappa shape index (κ3) is 2.91. The smallest absolute Gasteiger partial charge is 0.399 e. The summed E-state index contributed by atoms with van der Waals surface area (Å²) in [5.74, 6) is 0. The summed E-state index contributed by atoms with van der Waals surface area (Å²) >= 11 is 3.58. The second kappa shape index (κ2) is 5.62. The Balaban J connectivity index is 1.96. The molecule has 1 saturated heterocycles. The topological polar surface area (TPSA) is 40.5 Å². The lowest BCUT2D eigenvalue weighted by Crippen LogP contribution is -2.41. The molecule has 2 aromatic rings. The van der Waals surface area contributed by atoms with Crippen molar-refractivity contribution in [3.05, 3.63) is 57.4 Å². The van der Waals surface area contributed by atoms with E-state index >= 15 is 0 Å². The molecule has 0 amide bonds. The predicted molar refractivity (Wildman–Crippen MR) is 95.5 cm³/mol. The molecule has 0 aliphatic carbocycles. The molecular formula is C17H19BBrNO3. The summed E-state index contributed by atoms with van der Waals surface area (Å²) in [5, 5.41) is 0. The minimum Gasteiger partial charge on any atom is -0.399 e. The first-order valence-electron chi connectivity index (χ1n) is 7.54. The molecule has 0 radical (unpaired) electrons. The van der Waals surface area contributed by atoms with Gasteiger partial charge in [0.1, 0.15) is 0 Å². The molecule has 0 saturated carbocycles. The van der Waals surface area contributed by atoms with Crippen LogP contribution in [0.2, 0.25) is 0 Å². The molecule has 23 heavy (non-hydrogen) atoms. The predicted octanol–water partition coefficient (Wildman–Crippen LogP) is 2.90. The van der Waals surface area contributed by atoms with E-state index in [9.17, 15) is 4.79 Å². The second-order valence-electron chi connectivity index (χ2n) is 6.70. The van der Waals surface area contributed by atoms with Crippen LogP contribution in [0.3, 0.4) is 0 Å². The molecular weight excluding hydrogens is 357 g/mol. The Bertz CT molecular complexity index is 784. The van der Waals surface area contributed by atoms with Crippen molar-refractivity contribution >= 4 is 28.5 Å². The fraction of sp³-hybridized carbons (Fsp3) is 0.353. The summed E-state index contributed by atoms with van der Waals surface area (Å²) in [5.41, 5.74) is 0.875. The van der Waals surface area contributed by atoms with Gasteiger partial charge >= 0.3 is 7.12 Å². The van der Waals surface area contributed by atoms with E-state index in [0.717, 1.165) is 15.6 Å². The fourth-order valence-electron chi connectivity index (χ4n) is 2.47. The van der Waals surface area contributed by atoms with Crippen LogP contribution < -0.4 is 11.0 Å². The van der Waals surface area contributed by atoms with Gasteiger partial charge < -0.3 is 9.31 Å². The molecule has 0 atom stereocenters. The molecule has 0 spiro atoms. The van der Waals surface area contributed by atoms with Gasteiger partial charge in [0, 0.05) is 22.4 Å². The molecule has 0 bridgehead atoms. The molecule has 4 nitrogen and oxygen atoms in total. The van der Waals surface area contributed by atoms with Crippen LogP contribution in [0.25, 0.3) is 5.69 Å². The first-order chi connectivity index (χ1) is 10.7. The third-order valence-corrected chi connectivity index (χ3v) is 5.28. The Hall–Kier alpha value is -1.37. The van der Waals surface area contributed by atoms with Crippen LogP contribution in [0.15, 0.2) is 51.9 Å².